The first-order valence-electron chi connectivity index (χ1n) is 6.40. The van der Waals surface area contributed by atoms with Crippen LogP contribution in [0.4, 0.5) is 0 Å². The third kappa shape index (κ3) is 3.09. The van der Waals surface area contributed by atoms with Crippen LogP contribution in [0.3, 0.4) is 0 Å². The van der Waals surface area contributed by atoms with Gasteiger partial charge in [0.2, 0.25) is 0 Å². The lowest BCUT2D eigenvalue weighted by Gasteiger charge is -2.29. The van der Waals surface area contributed by atoms with E-state index in [1.54, 1.807) is 24.3 Å². The second kappa shape index (κ2) is 5.98. The lowest BCUT2D eigenvalue weighted by molar-refractivity contribution is -0.131. The molecule has 0 aromatic heterocycles. The molecule has 0 spiro atoms. The van der Waals surface area contributed by atoms with Crippen LogP contribution in [0.2, 0.25) is 0 Å². The highest BCUT2D eigenvalue weighted by Crippen LogP contribution is 2.20. The first-order chi connectivity index (χ1) is 8.68. The van der Waals surface area contributed by atoms with Gasteiger partial charge in [0.05, 0.1) is 12.1 Å². The minimum absolute atomic E-state index is 0.232. The van der Waals surface area contributed by atoms with Crippen LogP contribution >= 0.6 is 0 Å². The molecule has 4 heteroatoms. The molecule has 1 aliphatic rings. The van der Waals surface area contributed by atoms with Crippen molar-refractivity contribution >= 4 is 5.91 Å². The Balaban J connectivity index is 1.95. The fraction of sp³-hybridized carbons (Fsp3) is 0.500. The van der Waals surface area contributed by atoms with Gasteiger partial charge in [0.15, 0.2) is 6.10 Å². The summed E-state index contributed by atoms with van der Waals surface area (Å²) in [7, 11) is 0. The normalized spacial score (nSPS) is 25.4. The molecule has 0 saturated heterocycles. The first kappa shape index (κ1) is 13.1. The summed E-state index contributed by atoms with van der Waals surface area (Å²) in [6.07, 6.45) is 1.82. The van der Waals surface area contributed by atoms with Gasteiger partial charge in [0.25, 0.3) is 5.91 Å². The maximum atomic E-state index is 11.9. The summed E-state index contributed by atoms with van der Waals surface area (Å²) in [5.41, 5.74) is 0.570. The van der Waals surface area contributed by atoms with Gasteiger partial charge < -0.3 is 15.5 Å². The maximum absolute atomic E-state index is 11.9. The third-order valence-electron chi connectivity index (χ3n) is 3.42. The van der Waals surface area contributed by atoms with Crippen LogP contribution in [0.15, 0.2) is 30.3 Å². The number of hydrogen-bond acceptors (Lipinski definition) is 3. The molecule has 2 rings (SSSR count). The highest BCUT2D eigenvalue weighted by atomic mass is 16.3. The molecule has 1 amide bonds. The molecule has 0 aliphatic heterocycles. The van der Waals surface area contributed by atoms with Crippen molar-refractivity contribution in [3.8, 4) is 0 Å². The maximum Gasteiger partial charge on any atom is 0.253 e. The van der Waals surface area contributed by atoms with Crippen molar-refractivity contribution in [3.63, 3.8) is 0 Å². The van der Waals surface area contributed by atoms with Gasteiger partial charge in [-0.3, -0.25) is 4.79 Å². The van der Waals surface area contributed by atoms with E-state index in [-0.39, 0.29) is 6.04 Å². The van der Waals surface area contributed by atoms with E-state index >= 15 is 0 Å². The number of carbonyl (C=O) groups excluding carboxylic acids is 1. The second-order valence-electron chi connectivity index (χ2n) is 4.78. The molecule has 1 fully saturated rings. The molecule has 3 atom stereocenters. The second-order valence-corrected chi connectivity index (χ2v) is 4.78. The van der Waals surface area contributed by atoms with Gasteiger partial charge in [0, 0.05) is 0 Å². The first-order valence-corrected chi connectivity index (χ1v) is 6.40. The van der Waals surface area contributed by atoms with Crippen molar-refractivity contribution in [1.82, 2.24) is 5.32 Å². The van der Waals surface area contributed by atoms with Crippen molar-refractivity contribution in [2.24, 2.45) is 0 Å². The molecule has 4 nitrogen and oxygen atoms in total. The SMILES string of the molecule is O=C(NC1CCCCC1O)C(O)c1ccccc1. The molecule has 0 bridgehead atoms. The summed E-state index contributed by atoms with van der Waals surface area (Å²) in [4.78, 5) is 11.9. The molecule has 1 aromatic rings. The van der Waals surface area contributed by atoms with Gasteiger partial charge in [-0.15, -0.1) is 0 Å². The van der Waals surface area contributed by atoms with Gasteiger partial charge in [-0.1, -0.05) is 43.2 Å². The van der Waals surface area contributed by atoms with Gasteiger partial charge >= 0.3 is 0 Å². The van der Waals surface area contributed by atoms with Gasteiger partial charge in [0.1, 0.15) is 0 Å². The number of amides is 1. The van der Waals surface area contributed by atoms with Crippen molar-refractivity contribution in [1.29, 1.82) is 0 Å². The predicted molar refractivity (Wildman–Crippen MR) is 67.8 cm³/mol. The van der Waals surface area contributed by atoms with Crippen LogP contribution in [0.25, 0.3) is 0 Å². The zero-order valence-electron chi connectivity index (χ0n) is 10.2. The number of hydrogen-bond donors (Lipinski definition) is 3. The van der Waals surface area contributed by atoms with E-state index in [0.717, 1.165) is 19.3 Å². The Hall–Kier alpha value is -1.39. The van der Waals surface area contributed by atoms with Crippen molar-refractivity contribution in [2.45, 2.75) is 43.9 Å². The minimum Gasteiger partial charge on any atom is -0.391 e. The Morgan fingerprint density at radius 2 is 1.89 bits per heavy atom. The van der Waals surface area contributed by atoms with Crippen molar-refractivity contribution in [3.05, 3.63) is 35.9 Å². The number of benzene rings is 1. The zero-order chi connectivity index (χ0) is 13.0. The molecule has 98 valence electrons. The van der Waals surface area contributed by atoms with E-state index in [4.69, 9.17) is 0 Å². The third-order valence-corrected chi connectivity index (χ3v) is 3.42. The molecule has 18 heavy (non-hydrogen) atoms. The van der Waals surface area contributed by atoms with E-state index in [0.29, 0.717) is 12.0 Å². The molecule has 0 heterocycles. The largest absolute Gasteiger partial charge is 0.391 e. The highest BCUT2D eigenvalue weighted by Gasteiger charge is 2.27. The Morgan fingerprint density at radius 3 is 2.56 bits per heavy atom. The fourth-order valence-electron chi connectivity index (χ4n) is 2.33. The molecule has 1 aliphatic carbocycles. The number of nitrogens with one attached hydrogen (secondary N) is 1. The number of carbonyl (C=O) groups is 1. The number of aliphatic hydroxyl groups is 2. The highest BCUT2D eigenvalue weighted by molar-refractivity contribution is 5.82. The Bertz CT molecular complexity index is 393. The van der Waals surface area contributed by atoms with Crippen LogP contribution in [0, 0.1) is 0 Å². The van der Waals surface area contributed by atoms with Gasteiger partial charge in [-0.2, -0.15) is 0 Å². The van der Waals surface area contributed by atoms with Crippen molar-refractivity contribution in [2.75, 3.05) is 0 Å². The van der Waals surface area contributed by atoms with Crippen LogP contribution < -0.4 is 5.32 Å². The Labute approximate surface area is 107 Å². The monoisotopic (exact) mass is 249 g/mol. The lowest BCUT2D eigenvalue weighted by atomic mass is 9.92. The van der Waals surface area contributed by atoms with Gasteiger partial charge in [-0.25, -0.2) is 0 Å². The summed E-state index contributed by atoms with van der Waals surface area (Å²) >= 11 is 0. The van der Waals surface area contributed by atoms with E-state index in [9.17, 15) is 15.0 Å². The van der Waals surface area contributed by atoms with E-state index in [1.165, 1.54) is 0 Å². The topological polar surface area (TPSA) is 69.6 Å². The minimum atomic E-state index is -1.17. The summed E-state index contributed by atoms with van der Waals surface area (Å²) in [5, 5.41) is 22.4. The quantitative estimate of drug-likeness (QED) is 0.752. The predicted octanol–water partition coefficient (Wildman–Crippen LogP) is 1.14. The average Bonchev–Trinajstić information content (AvgIpc) is 2.41. The summed E-state index contributed by atoms with van der Waals surface area (Å²) in [6.45, 7) is 0. The van der Waals surface area contributed by atoms with Crippen molar-refractivity contribution < 1.29 is 15.0 Å². The van der Waals surface area contributed by atoms with Gasteiger partial charge in [-0.05, 0) is 18.4 Å². The smallest absolute Gasteiger partial charge is 0.253 e. The van der Waals surface area contributed by atoms with Crippen LogP contribution in [-0.2, 0) is 4.79 Å². The molecular formula is C14H19NO3. The summed E-state index contributed by atoms with van der Waals surface area (Å²) in [5.74, 6) is -0.438. The summed E-state index contributed by atoms with van der Waals surface area (Å²) in [6, 6.07) is 8.58. The number of rotatable bonds is 3. The Kier molecular flexibility index (Phi) is 4.33. The number of aliphatic hydroxyl groups excluding tert-OH is 2. The average molecular weight is 249 g/mol. The Morgan fingerprint density at radius 1 is 1.22 bits per heavy atom. The molecule has 0 radical (unpaired) electrons. The summed E-state index contributed by atoms with van der Waals surface area (Å²) < 4.78 is 0. The zero-order valence-corrected chi connectivity index (χ0v) is 10.2. The molecule has 3 N–H and O–H groups in total. The molecule has 1 saturated carbocycles. The standard InChI is InChI=1S/C14H19NO3/c16-12-9-5-4-8-11(12)15-14(18)13(17)10-6-2-1-3-7-10/h1-3,6-7,11-13,16-17H,4-5,8-9H2,(H,15,18). The molecular weight excluding hydrogens is 230 g/mol. The van der Waals surface area contributed by atoms with Crippen LogP contribution in [-0.4, -0.2) is 28.3 Å². The van der Waals surface area contributed by atoms with Crippen LogP contribution in [0.1, 0.15) is 37.4 Å². The lowest BCUT2D eigenvalue weighted by Crippen LogP contribution is -2.46. The fourth-order valence-corrected chi connectivity index (χ4v) is 2.33. The molecule has 1 aromatic carbocycles. The van der Waals surface area contributed by atoms with E-state index < -0.39 is 18.1 Å². The molecule has 3 unspecified atom stereocenters. The van der Waals surface area contributed by atoms with E-state index in [1.807, 2.05) is 6.07 Å². The van der Waals surface area contributed by atoms with E-state index in [2.05, 4.69) is 5.32 Å². The van der Waals surface area contributed by atoms with Crippen LogP contribution in [0.5, 0.6) is 0 Å².